The third kappa shape index (κ3) is 3.32. The molecule has 0 unspecified atom stereocenters. The Kier molecular flexibility index (Phi) is 3.89. The largest absolute Gasteiger partial charge is 0.573 e. The lowest BCUT2D eigenvalue weighted by molar-refractivity contribution is -0.274. The van der Waals surface area contributed by atoms with Crippen molar-refractivity contribution in [2.45, 2.75) is 6.36 Å². The number of nitrogen functional groups attached to an aromatic ring is 1. The molecule has 0 spiro atoms. The van der Waals surface area contributed by atoms with Crippen LogP contribution in [0.5, 0.6) is 5.75 Å². The predicted molar refractivity (Wildman–Crippen MR) is 69.4 cm³/mol. The van der Waals surface area contributed by atoms with Gasteiger partial charge in [-0.15, -0.1) is 13.2 Å². The molecule has 0 bridgehead atoms. The smallest absolute Gasteiger partial charge is 0.406 e. The van der Waals surface area contributed by atoms with Crippen molar-refractivity contribution < 1.29 is 17.9 Å². The zero-order valence-corrected chi connectivity index (χ0v) is 11.5. The van der Waals surface area contributed by atoms with Crippen molar-refractivity contribution in [3.63, 3.8) is 0 Å². The Labute approximate surface area is 126 Å². The van der Waals surface area contributed by atoms with Crippen LogP contribution in [-0.4, -0.2) is 16.1 Å². The van der Waals surface area contributed by atoms with E-state index in [0.29, 0.717) is 0 Å². The van der Waals surface area contributed by atoms with Crippen LogP contribution in [0.1, 0.15) is 5.69 Å². The van der Waals surface area contributed by atoms with E-state index in [2.05, 4.69) is 9.84 Å². The van der Waals surface area contributed by atoms with Gasteiger partial charge in [0.2, 0.25) is 0 Å². The molecule has 5 nitrogen and oxygen atoms in total. The maximum absolute atomic E-state index is 12.2. The first kappa shape index (κ1) is 15.3. The van der Waals surface area contributed by atoms with Gasteiger partial charge in [-0.1, -0.05) is 23.2 Å². The van der Waals surface area contributed by atoms with Crippen molar-refractivity contribution in [1.82, 2.24) is 9.78 Å². The molecule has 2 aromatic rings. The summed E-state index contributed by atoms with van der Waals surface area (Å²) in [6, 6.07) is 4.88. The minimum absolute atomic E-state index is 0.00949. The van der Waals surface area contributed by atoms with E-state index in [-0.39, 0.29) is 27.2 Å². The Morgan fingerprint density at radius 1 is 1.24 bits per heavy atom. The van der Waals surface area contributed by atoms with Crippen molar-refractivity contribution in [1.29, 1.82) is 5.26 Å². The number of nitriles is 1. The molecule has 2 rings (SSSR count). The van der Waals surface area contributed by atoms with E-state index in [1.54, 1.807) is 6.07 Å². The highest BCUT2D eigenvalue weighted by Gasteiger charge is 2.31. The van der Waals surface area contributed by atoms with Gasteiger partial charge in [-0.05, 0) is 0 Å². The van der Waals surface area contributed by atoms with Crippen molar-refractivity contribution in [3.8, 4) is 17.5 Å². The SMILES string of the molecule is N#Cc1cc(N)n(-c2c(Cl)cc(OC(F)(F)F)cc2Cl)n1. The summed E-state index contributed by atoms with van der Waals surface area (Å²) >= 11 is 11.8. The Morgan fingerprint density at radius 2 is 1.81 bits per heavy atom. The molecule has 0 amide bonds. The fourth-order valence-corrected chi connectivity index (χ4v) is 2.19. The molecule has 1 aromatic heterocycles. The third-order valence-corrected chi connectivity index (χ3v) is 2.86. The second-order valence-corrected chi connectivity index (χ2v) is 4.58. The second kappa shape index (κ2) is 5.35. The van der Waals surface area contributed by atoms with Crippen LogP contribution in [0.2, 0.25) is 10.0 Å². The summed E-state index contributed by atoms with van der Waals surface area (Å²) in [5.41, 5.74) is 5.70. The number of rotatable bonds is 2. The third-order valence-electron chi connectivity index (χ3n) is 2.29. The van der Waals surface area contributed by atoms with Crippen molar-refractivity contribution in [2.75, 3.05) is 5.73 Å². The van der Waals surface area contributed by atoms with E-state index in [0.717, 1.165) is 16.8 Å². The molecule has 10 heteroatoms. The van der Waals surface area contributed by atoms with Gasteiger partial charge < -0.3 is 10.5 Å². The van der Waals surface area contributed by atoms with Gasteiger partial charge in [0.1, 0.15) is 23.3 Å². The van der Waals surface area contributed by atoms with E-state index in [1.165, 1.54) is 6.07 Å². The first-order valence-electron chi connectivity index (χ1n) is 5.22. The molecule has 0 fully saturated rings. The average Bonchev–Trinajstić information content (AvgIpc) is 2.68. The van der Waals surface area contributed by atoms with Gasteiger partial charge in [0.15, 0.2) is 5.69 Å². The summed E-state index contributed by atoms with van der Waals surface area (Å²) in [6.07, 6.45) is -4.87. The molecule has 0 saturated heterocycles. The van der Waals surface area contributed by atoms with E-state index in [9.17, 15) is 13.2 Å². The first-order chi connectivity index (χ1) is 9.71. The van der Waals surface area contributed by atoms with Crippen molar-refractivity contribution in [3.05, 3.63) is 33.9 Å². The molecule has 110 valence electrons. The van der Waals surface area contributed by atoms with Crippen LogP contribution in [0.25, 0.3) is 5.69 Å². The number of nitrogens with zero attached hydrogens (tertiary/aromatic N) is 3. The topological polar surface area (TPSA) is 76.9 Å². The molecule has 0 aliphatic carbocycles. The van der Waals surface area contributed by atoms with E-state index < -0.39 is 12.1 Å². The normalized spacial score (nSPS) is 11.2. The van der Waals surface area contributed by atoms with Crippen LogP contribution in [0.15, 0.2) is 18.2 Å². The molecule has 2 N–H and O–H groups in total. The lowest BCUT2D eigenvalue weighted by atomic mass is 10.3. The minimum atomic E-state index is -4.87. The first-order valence-corrected chi connectivity index (χ1v) is 5.97. The Morgan fingerprint density at radius 3 is 2.24 bits per heavy atom. The summed E-state index contributed by atoms with van der Waals surface area (Å²) in [6.45, 7) is 0. The van der Waals surface area contributed by atoms with Gasteiger partial charge in [0.25, 0.3) is 0 Å². The zero-order valence-electron chi connectivity index (χ0n) is 9.95. The predicted octanol–water partition coefficient (Wildman–Crippen LogP) is 3.53. The van der Waals surface area contributed by atoms with E-state index >= 15 is 0 Å². The number of hydrogen-bond donors (Lipinski definition) is 1. The molecular weight excluding hydrogens is 332 g/mol. The van der Waals surface area contributed by atoms with Gasteiger partial charge in [-0.25, -0.2) is 4.68 Å². The molecule has 0 saturated carbocycles. The molecule has 0 aliphatic rings. The fourth-order valence-electron chi connectivity index (χ4n) is 1.57. The number of nitrogens with two attached hydrogens (primary N) is 1. The zero-order chi connectivity index (χ0) is 15.8. The fraction of sp³-hybridized carbons (Fsp3) is 0.0909. The van der Waals surface area contributed by atoms with E-state index in [1.807, 2.05) is 0 Å². The highest BCUT2D eigenvalue weighted by molar-refractivity contribution is 6.38. The van der Waals surface area contributed by atoms with Gasteiger partial charge in [-0.3, -0.25) is 0 Å². The molecule has 0 atom stereocenters. The maximum atomic E-state index is 12.2. The average molecular weight is 337 g/mol. The lowest BCUT2D eigenvalue weighted by Gasteiger charge is -2.13. The Balaban J connectivity index is 2.51. The monoisotopic (exact) mass is 336 g/mol. The number of benzene rings is 1. The summed E-state index contributed by atoms with van der Waals surface area (Å²) in [7, 11) is 0. The number of alkyl halides is 3. The lowest BCUT2D eigenvalue weighted by Crippen LogP contribution is -2.17. The summed E-state index contributed by atoms with van der Waals surface area (Å²) < 4.78 is 41.3. The quantitative estimate of drug-likeness (QED) is 0.909. The van der Waals surface area contributed by atoms with Crippen LogP contribution >= 0.6 is 23.2 Å². The molecule has 0 aliphatic heterocycles. The number of aromatic nitrogens is 2. The maximum Gasteiger partial charge on any atom is 0.573 e. The summed E-state index contributed by atoms with van der Waals surface area (Å²) in [5.74, 6) is -0.521. The minimum Gasteiger partial charge on any atom is -0.406 e. The van der Waals surface area contributed by atoms with Crippen LogP contribution in [0.4, 0.5) is 19.0 Å². The van der Waals surface area contributed by atoms with Crippen LogP contribution < -0.4 is 10.5 Å². The molecule has 1 aromatic carbocycles. The van der Waals surface area contributed by atoms with Gasteiger partial charge >= 0.3 is 6.36 Å². The van der Waals surface area contributed by atoms with E-state index in [4.69, 9.17) is 34.2 Å². The Bertz CT molecular complexity index is 713. The highest BCUT2D eigenvalue weighted by atomic mass is 35.5. The molecule has 1 heterocycles. The summed E-state index contributed by atoms with van der Waals surface area (Å²) in [5, 5.41) is 12.2. The number of hydrogen-bond acceptors (Lipinski definition) is 4. The van der Waals surface area contributed by atoms with Gasteiger partial charge in [0, 0.05) is 18.2 Å². The molecule has 21 heavy (non-hydrogen) atoms. The van der Waals surface area contributed by atoms with Crippen molar-refractivity contribution in [2.24, 2.45) is 0 Å². The molecular formula is C11H5Cl2F3N4O. The number of ether oxygens (including phenoxy) is 1. The van der Waals surface area contributed by atoms with Crippen LogP contribution in [-0.2, 0) is 0 Å². The Hall–Kier alpha value is -2.11. The standard InChI is InChI=1S/C11H5Cl2F3N4O/c12-7-2-6(21-11(14,15)16)3-8(13)10(7)20-9(18)1-5(4-17)19-20/h1-3H,18H2. The number of anilines is 1. The van der Waals surface area contributed by atoms with Gasteiger partial charge in [0.05, 0.1) is 10.0 Å². The van der Waals surface area contributed by atoms with Crippen LogP contribution in [0.3, 0.4) is 0 Å². The molecule has 0 radical (unpaired) electrons. The second-order valence-electron chi connectivity index (χ2n) is 3.76. The van der Waals surface area contributed by atoms with Gasteiger partial charge in [-0.2, -0.15) is 10.4 Å². The number of halogens is 5. The van der Waals surface area contributed by atoms with Crippen molar-refractivity contribution >= 4 is 29.0 Å². The highest BCUT2D eigenvalue weighted by Crippen LogP contribution is 2.36. The van der Waals surface area contributed by atoms with Crippen LogP contribution in [0, 0.1) is 11.3 Å². The summed E-state index contributed by atoms with van der Waals surface area (Å²) in [4.78, 5) is 0.